The van der Waals surface area contributed by atoms with Crippen LogP contribution in [0.3, 0.4) is 0 Å². The Balaban J connectivity index is 1.80. The van der Waals surface area contributed by atoms with Crippen molar-refractivity contribution >= 4 is 11.8 Å². The van der Waals surface area contributed by atoms with Gasteiger partial charge in [-0.15, -0.1) is 0 Å². The standard InChI is InChI=1S/C13H17NO2/c15-13(14-11-7-3-1-4-8-11)16-12-9-5-2-6-10-12/h1,3-4,7-8,12H,2,5-6,9-10H2,(H,14,15)/p+1. The zero-order valence-corrected chi connectivity index (χ0v) is 9.39. The SMILES string of the molecule is O=C([NH2+]c1ccccc1)OC1CCCCC1. The van der Waals surface area contributed by atoms with Crippen LogP contribution < -0.4 is 5.32 Å². The molecule has 16 heavy (non-hydrogen) atoms. The van der Waals surface area contributed by atoms with Crippen molar-refractivity contribution in [3.8, 4) is 0 Å². The third-order valence-electron chi connectivity index (χ3n) is 2.92. The Hall–Kier alpha value is -1.35. The van der Waals surface area contributed by atoms with Crippen LogP contribution >= 0.6 is 0 Å². The number of benzene rings is 1. The van der Waals surface area contributed by atoms with Crippen molar-refractivity contribution in [2.45, 2.75) is 38.2 Å². The summed E-state index contributed by atoms with van der Waals surface area (Å²) in [6.07, 6.45) is 5.62. The van der Waals surface area contributed by atoms with Crippen LogP contribution in [0, 0.1) is 0 Å². The van der Waals surface area contributed by atoms with Gasteiger partial charge in [0.05, 0.1) is 0 Å². The van der Waals surface area contributed by atoms with Gasteiger partial charge in [0.2, 0.25) is 0 Å². The molecule has 2 rings (SSSR count). The van der Waals surface area contributed by atoms with Gasteiger partial charge in [-0.05, 0) is 37.8 Å². The number of ether oxygens (including phenoxy) is 1. The largest absolute Gasteiger partial charge is 0.518 e. The Morgan fingerprint density at radius 1 is 1.12 bits per heavy atom. The molecule has 0 saturated heterocycles. The highest BCUT2D eigenvalue weighted by Crippen LogP contribution is 2.19. The molecule has 0 unspecified atom stereocenters. The minimum atomic E-state index is -0.210. The van der Waals surface area contributed by atoms with Crippen LogP contribution in [0.1, 0.15) is 32.1 Å². The molecule has 86 valence electrons. The summed E-state index contributed by atoms with van der Waals surface area (Å²) in [4.78, 5) is 11.6. The number of hydrogen-bond donors (Lipinski definition) is 1. The van der Waals surface area contributed by atoms with Crippen molar-refractivity contribution in [1.82, 2.24) is 0 Å². The smallest absolute Gasteiger partial charge is 0.417 e. The maximum atomic E-state index is 11.6. The molecule has 0 atom stereocenters. The number of carbonyl (C=O) groups is 1. The van der Waals surface area contributed by atoms with Gasteiger partial charge in [0.1, 0.15) is 11.8 Å². The molecule has 1 fully saturated rings. The van der Waals surface area contributed by atoms with Gasteiger partial charge in [0.25, 0.3) is 0 Å². The molecule has 0 radical (unpaired) electrons. The molecule has 1 amide bonds. The van der Waals surface area contributed by atoms with E-state index in [0.717, 1.165) is 18.5 Å². The second-order valence-electron chi connectivity index (χ2n) is 4.25. The zero-order chi connectivity index (χ0) is 11.2. The summed E-state index contributed by atoms with van der Waals surface area (Å²) in [6, 6.07) is 9.58. The van der Waals surface area contributed by atoms with E-state index in [-0.39, 0.29) is 12.2 Å². The molecule has 1 saturated carbocycles. The Labute approximate surface area is 95.8 Å². The van der Waals surface area contributed by atoms with Crippen LogP contribution in [-0.4, -0.2) is 12.2 Å². The second kappa shape index (κ2) is 5.66. The lowest BCUT2D eigenvalue weighted by atomic mass is 9.98. The van der Waals surface area contributed by atoms with Crippen molar-refractivity contribution in [3.05, 3.63) is 30.3 Å². The monoisotopic (exact) mass is 220 g/mol. The highest BCUT2D eigenvalue weighted by Gasteiger charge is 2.19. The fourth-order valence-corrected chi connectivity index (χ4v) is 2.07. The van der Waals surface area contributed by atoms with Gasteiger partial charge in [-0.1, -0.05) is 24.6 Å². The maximum Gasteiger partial charge on any atom is 0.518 e. The normalized spacial score (nSPS) is 17.0. The average Bonchev–Trinajstić information content (AvgIpc) is 2.31. The lowest BCUT2D eigenvalue weighted by molar-refractivity contribution is -0.484. The molecule has 1 aliphatic rings. The van der Waals surface area contributed by atoms with E-state index in [9.17, 15) is 4.79 Å². The average molecular weight is 220 g/mol. The van der Waals surface area contributed by atoms with Crippen LogP contribution in [0.4, 0.5) is 10.5 Å². The zero-order valence-electron chi connectivity index (χ0n) is 9.39. The summed E-state index contributed by atoms with van der Waals surface area (Å²) in [5.74, 6) is 0. The first kappa shape index (κ1) is 11.1. The summed E-state index contributed by atoms with van der Waals surface area (Å²) in [5.41, 5.74) is 0.906. The molecule has 3 heteroatoms. The lowest BCUT2D eigenvalue weighted by Gasteiger charge is -2.20. The van der Waals surface area contributed by atoms with E-state index in [1.807, 2.05) is 30.3 Å². The number of rotatable bonds is 2. The first-order chi connectivity index (χ1) is 7.84. The van der Waals surface area contributed by atoms with Crippen LogP contribution in [0.5, 0.6) is 0 Å². The Bertz CT molecular complexity index is 331. The summed E-state index contributed by atoms with van der Waals surface area (Å²) in [6.45, 7) is 0. The summed E-state index contributed by atoms with van der Waals surface area (Å²) in [7, 11) is 0. The quantitative estimate of drug-likeness (QED) is 0.777. The first-order valence-corrected chi connectivity index (χ1v) is 5.95. The van der Waals surface area contributed by atoms with Crippen molar-refractivity contribution in [3.63, 3.8) is 0 Å². The predicted molar refractivity (Wildman–Crippen MR) is 61.4 cm³/mol. The lowest BCUT2D eigenvalue weighted by Crippen LogP contribution is -2.82. The van der Waals surface area contributed by atoms with Gasteiger partial charge in [-0.2, -0.15) is 4.79 Å². The number of hydrogen-bond acceptors (Lipinski definition) is 2. The minimum absolute atomic E-state index is 0.140. The van der Waals surface area contributed by atoms with E-state index in [1.54, 1.807) is 5.32 Å². The van der Waals surface area contributed by atoms with Crippen molar-refractivity contribution < 1.29 is 14.8 Å². The Morgan fingerprint density at radius 2 is 1.81 bits per heavy atom. The van der Waals surface area contributed by atoms with E-state index in [2.05, 4.69) is 0 Å². The number of quaternary nitrogens is 1. The van der Waals surface area contributed by atoms with Gasteiger partial charge in [-0.3, -0.25) is 0 Å². The van der Waals surface area contributed by atoms with E-state index in [0.29, 0.717) is 0 Å². The number of amides is 1. The molecular weight excluding hydrogens is 202 g/mol. The summed E-state index contributed by atoms with van der Waals surface area (Å²) < 4.78 is 5.40. The first-order valence-electron chi connectivity index (χ1n) is 5.95. The minimum Gasteiger partial charge on any atom is -0.417 e. The number of nitrogens with two attached hydrogens (primary N) is 1. The molecule has 2 N–H and O–H groups in total. The van der Waals surface area contributed by atoms with E-state index in [1.165, 1.54) is 19.3 Å². The molecule has 3 nitrogen and oxygen atoms in total. The molecular formula is C13H18NO2+. The molecule has 0 bridgehead atoms. The number of primary amides is 1. The van der Waals surface area contributed by atoms with Crippen LogP contribution in [0.15, 0.2) is 30.3 Å². The third-order valence-corrected chi connectivity index (χ3v) is 2.92. The van der Waals surface area contributed by atoms with E-state index < -0.39 is 0 Å². The van der Waals surface area contributed by atoms with Crippen LogP contribution in [0.25, 0.3) is 0 Å². The van der Waals surface area contributed by atoms with E-state index in [4.69, 9.17) is 4.74 Å². The highest BCUT2D eigenvalue weighted by molar-refractivity contribution is 5.59. The molecule has 0 heterocycles. The fraction of sp³-hybridized carbons (Fsp3) is 0.462. The fourth-order valence-electron chi connectivity index (χ4n) is 2.07. The summed E-state index contributed by atoms with van der Waals surface area (Å²) >= 11 is 0. The van der Waals surface area contributed by atoms with Gasteiger partial charge in [0, 0.05) is 0 Å². The molecule has 1 aromatic rings. The third kappa shape index (κ3) is 3.35. The Morgan fingerprint density at radius 3 is 2.50 bits per heavy atom. The van der Waals surface area contributed by atoms with Crippen molar-refractivity contribution in [2.24, 2.45) is 0 Å². The molecule has 1 aromatic carbocycles. The van der Waals surface area contributed by atoms with Gasteiger partial charge in [0.15, 0.2) is 0 Å². The molecule has 0 aliphatic heterocycles. The van der Waals surface area contributed by atoms with Gasteiger partial charge in [-0.25, -0.2) is 5.32 Å². The Kier molecular flexibility index (Phi) is 3.94. The summed E-state index contributed by atoms with van der Waals surface area (Å²) in [5, 5.41) is 1.56. The van der Waals surface area contributed by atoms with Crippen molar-refractivity contribution in [1.29, 1.82) is 0 Å². The van der Waals surface area contributed by atoms with Crippen LogP contribution in [-0.2, 0) is 4.74 Å². The second-order valence-corrected chi connectivity index (χ2v) is 4.25. The van der Waals surface area contributed by atoms with Crippen LogP contribution in [0.2, 0.25) is 0 Å². The van der Waals surface area contributed by atoms with Crippen molar-refractivity contribution in [2.75, 3.05) is 0 Å². The maximum absolute atomic E-state index is 11.6. The molecule has 0 spiro atoms. The number of para-hydroxylation sites is 1. The van der Waals surface area contributed by atoms with E-state index >= 15 is 0 Å². The predicted octanol–water partition coefficient (Wildman–Crippen LogP) is 2.35. The van der Waals surface area contributed by atoms with Gasteiger partial charge >= 0.3 is 6.09 Å². The topological polar surface area (TPSA) is 42.9 Å². The molecule has 0 aromatic heterocycles. The van der Waals surface area contributed by atoms with Gasteiger partial charge < -0.3 is 4.74 Å². The highest BCUT2D eigenvalue weighted by atomic mass is 16.6. The number of carbonyl (C=O) groups excluding carboxylic acids is 1. The molecule has 1 aliphatic carbocycles.